The van der Waals surface area contributed by atoms with Crippen LogP contribution >= 0.6 is 0 Å². The first kappa shape index (κ1) is 20.2. The minimum Gasteiger partial charge on any atom is -0.481 e. The smallest absolute Gasteiger partial charge is 0.335 e. The largest absolute Gasteiger partial charge is 0.481 e. The third-order valence-corrected chi connectivity index (χ3v) is 3.17. The van der Waals surface area contributed by atoms with Crippen molar-refractivity contribution in [3.63, 3.8) is 0 Å². The van der Waals surface area contributed by atoms with Crippen molar-refractivity contribution in [3.05, 3.63) is 79.4 Å². The number of nitrogens with zero attached hydrogens (tertiary/aromatic N) is 2. The Morgan fingerprint density at radius 3 is 2.00 bits per heavy atom. The maximum atomic E-state index is 10.5. The molecule has 0 radical (unpaired) electrons. The summed E-state index contributed by atoms with van der Waals surface area (Å²) in [5, 5.41) is 37.8. The zero-order chi connectivity index (χ0) is 19.9. The predicted octanol–water partition coefficient (Wildman–Crippen LogP) is 2.82. The number of aliphatic carboxylic acids is 1. The average molecular weight is 362 g/mol. The average Bonchev–Trinajstić information content (AvgIpc) is 2.54. The Balaban J connectivity index is 0.000000260. The van der Waals surface area contributed by atoms with Gasteiger partial charge in [0, 0.05) is 23.3 Å². The molecule has 136 valence electrons. The van der Waals surface area contributed by atoms with Crippen LogP contribution in [0.5, 0.6) is 0 Å². The summed E-state index contributed by atoms with van der Waals surface area (Å²) in [6.45, 7) is 1.50. The van der Waals surface area contributed by atoms with Gasteiger partial charge in [-0.05, 0) is 19.1 Å². The van der Waals surface area contributed by atoms with Crippen LogP contribution in [0.4, 0.5) is 11.4 Å². The highest BCUT2D eigenvalue weighted by Gasteiger charge is 2.14. The number of carbonyl (C=O) groups is 2. The normalized spacial score (nSPS) is 9.58. The summed E-state index contributed by atoms with van der Waals surface area (Å²) in [7, 11) is 0. The first-order chi connectivity index (χ1) is 12.1. The molecule has 2 rings (SSSR count). The van der Waals surface area contributed by atoms with E-state index in [-0.39, 0.29) is 28.9 Å². The van der Waals surface area contributed by atoms with Crippen molar-refractivity contribution < 1.29 is 29.6 Å². The Hall–Kier alpha value is -3.82. The fourth-order valence-electron chi connectivity index (χ4n) is 1.99. The monoisotopic (exact) mass is 362 g/mol. The van der Waals surface area contributed by atoms with Gasteiger partial charge in [-0.3, -0.25) is 25.0 Å². The molecule has 0 atom stereocenters. The lowest BCUT2D eigenvalue weighted by atomic mass is 10.1. The highest BCUT2D eigenvalue weighted by Crippen LogP contribution is 2.19. The minimum absolute atomic E-state index is 0.0584. The van der Waals surface area contributed by atoms with Gasteiger partial charge >= 0.3 is 11.9 Å². The summed E-state index contributed by atoms with van der Waals surface area (Å²) in [4.78, 5) is 40.4. The van der Waals surface area contributed by atoms with E-state index in [1.807, 2.05) is 0 Å². The number of hydrogen-bond donors (Lipinski definition) is 2. The van der Waals surface area contributed by atoms with Gasteiger partial charge in [0.25, 0.3) is 11.4 Å². The van der Waals surface area contributed by atoms with Crippen LogP contribution in [0.3, 0.4) is 0 Å². The van der Waals surface area contributed by atoms with E-state index in [2.05, 4.69) is 0 Å². The van der Waals surface area contributed by atoms with E-state index in [9.17, 15) is 29.8 Å². The predicted molar refractivity (Wildman–Crippen MR) is 89.2 cm³/mol. The highest BCUT2D eigenvalue weighted by atomic mass is 16.6. The number of nitro benzene ring substituents is 2. The van der Waals surface area contributed by atoms with Crippen molar-refractivity contribution in [3.8, 4) is 0 Å². The number of carboxylic acids is 2. The minimum atomic E-state index is -1.09. The molecular formula is C16H14N2O8. The zero-order valence-electron chi connectivity index (χ0n) is 13.5. The molecule has 0 heterocycles. The van der Waals surface area contributed by atoms with Crippen molar-refractivity contribution in [2.24, 2.45) is 0 Å². The van der Waals surface area contributed by atoms with Gasteiger partial charge in [-0.15, -0.1) is 0 Å². The molecular weight excluding hydrogens is 348 g/mol. The van der Waals surface area contributed by atoms with Crippen LogP contribution in [0.1, 0.15) is 21.5 Å². The lowest BCUT2D eigenvalue weighted by Gasteiger charge is -1.97. The molecule has 2 aromatic carbocycles. The highest BCUT2D eigenvalue weighted by molar-refractivity contribution is 5.88. The van der Waals surface area contributed by atoms with E-state index in [1.54, 1.807) is 6.07 Å². The van der Waals surface area contributed by atoms with E-state index in [0.29, 0.717) is 5.56 Å². The molecule has 0 aliphatic carbocycles. The number of aromatic carboxylic acids is 1. The third kappa shape index (κ3) is 5.67. The van der Waals surface area contributed by atoms with Crippen LogP contribution in [0, 0.1) is 27.2 Å². The summed E-state index contributed by atoms with van der Waals surface area (Å²) in [6.07, 6.45) is -0.322. The maximum absolute atomic E-state index is 10.5. The second kappa shape index (κ2) is 8.87. The summed E-state index contributed by atoms with van der Waals surface area (Å²) >= 11 is 0. The molecule has 0 aliphatic rings. The quantitative estimate of drug-likeness (QED) is 0.606. The van der Waals surface area contributed by atoms with Crippen LogP contribution in [0.25, 0.3) is 0 Å². The maximum Gasteiger partial charge on any atom is 0.335 e. The molecule has 10 nitrogen and oxygen atoms in total. The lowest BCUT2D eigenvalue weighted by Crippen LogP contribution is -2.03. The number of nitro groups is 2. The Morgan fingerprint density at radius 1 is 0.962 bits per heavy atom. The van der Waals surface area contributed by atoms with Crippen LogP contribution in [0.15, 0.2) is 42.5 Å². The van der Waals surface area contributed by atoms with E-state index in [4.69, 9.17) is 10.2 Å². The molecule has 0 aliphatic heterocycles. The summed E-state index contributed by atoms with van der Waals surface area (Å²) in [5.41, 5.74) is 0.419. The molecule has 0 saturated carbocycles. The van der Waals surface area contributed by atoms with E-state index in [1.165, 1.54) is 43.3 Å². The standard InChI is InChI=1S/2C8H7NO4/c1-5-4-6(8(10)11)2-3-7(5)9(12)13;10-8(11)5-6-3-1-2-4-7(6)9(12)13/h2-4H,1H3,(H,10,11);1-4H,5H2,(H,10,11). The molecule has 0 spiro atoms. The Bertz CT molecular complexity index is 863. The van der Waals surface area contributed by atoms with E-state index in [0.717, 1.165) is 0 Å². The SMILES string of the molecule is Cc1cc(C(=O)O)ccc1[N+](=O)[O-].O=C(O)Cc1ccccc1[N+](=O)[O-]. The van der Waals surface area contributed by atoms with Crippen molar-refractivity contribution in [1.29, 1.82) is 0 Å². The summed E-state index contributed by atoms with van der Waals surface area (Å²) in [6, 6.07) is 9.49. The van der Waals surface area contributed by atoms with Gasteiger partial charge in [0.15, 0.2) is 0 Å². The molecule has 0 amide bonds. The van der Waals surface area contributed by atoms with E-state index < -0.39 is 21.8 Å². The topological polar surface area (TPSA) is 161 Å². The summed E-state index contributed by atoms with van der Waals surface area (Å²) < 4.78 is 0. The van der Waals surface area contributed by atoms with Gasteiger partial charge in [0.1, 0.15) is 0 Å². The molecule has 10 heteroatoms. The van der Waals surface area contributed by atoms with Gasteiger partial charge in [-0.25, -0.2) is 4.79 Å². The Labute approximate surface area is 146 Å². The Kier molecular flexibility index (Phi) is 6.90. The third-order valence-electron chi connectivity index (χ3n) is 3.17. The van der Waals surface area contributed by atoms with Crippen LogP contribution in [-0.2, 0) is 11.2 Å². The van der Waals surface area contributed by atoms with Crippen molar-refractivity contribution in [2.75, 3.05) is 0 Å². The number of carboxylic acid groups (broad SMARTS) is 2. The van der Waals surface area contributed by atoms with E-state index >= 15 is 0 Å². The molecule has 26 heavy (non-hydrogen) atoms. The van der Waals surface area contributed by atoms with Gasteiger partial charge in [-0.2, -0.15) is 0 Å². The van der Waals surface area contributed by atoms with Gasteiger partial charge in [0.2, 0.25) is 0 Å². The van der Waals surface area contributed by atoms with Crippen LogP contribution in [0.2, 0.25) is 0 Å². The second-order valence-electron chi connectivity index (χ2n) is 5.02. The van der Waals surface area contributed by atoms with Gasteiger partial charge in [0.05, 0.1) is 21.8 Å². The fourth-order valence-corrected chi connectivity index (χ4v) is 1.99. The second-order valence-corrected chi connectivity index (χ2v) is 5.02. The molecule has 0 saturated heterocycles. The Morgan fingerprint density at radius 2 is 1.54 bits per heavy atom. The fraction of sp³-hybridized carbons (Fsp3) is 0.125. The van der Waals surface area contributed by atoms with Gasteiger partial charge < -0.3 is 10.2 Å². The molecule has 0 unspecified atom stereocenters. The molecule has 0 fully saturated rings. The summed E-state index contributed by atoms with van der Waals surface area (Å²) in [5.74, 6) is -2.16. The molecule has 0 bridgehead atoms. The van der Waals surface area contributed by atoms with Crippen molar-refractivity contribution >= 4 is 23.3 Å². The van der Waals surface area contributed by atoms with Crippen LogP contribution in [-0.4, -0.2) is 32.0 Å². The first-order valence-electron chi connectivity index (χ1n) is 7.06. The van der Waals surface area contributed by atoms with Crippen molar-refractivity contribution in [1.82, 2.24) is 0 Å². The number of benzene rings is 2. The van der Waals surface area contributed by atoms with Crippen molar-refractivity contribution in [2.45, 2.75) is 13.3 Å². The number of para-hydroxylation sites is 1. The first-order valence-corrected chi connectivity index (χ1v) is 7.06. The van der Waals surface area contributed by atoms with Crippen LogP contribution < -0.4 is 0 Å². The zero-order valence-corrected chi connectivity index (χ0v) is 13.5. The molecule has 0 aromatic heterocycles. The number of rotatable bonds is 5. The molecule has 2 N–H and O–H groups in total. The number of aryl methyl sites for hydroxylation is 1. The molecule has 2 aromatic rings. The number of hydrogen-bond acceptors (Lipinski definition) is 6. The lowest BCUT2D eigenvalue weighted by molar-refractivity contribution is -0.385. The van der Waals surface area contributed by atoms with Gasteiger partial charge in [-0.1, -0.05) is 18.2 Å².